The highest BCUT2D eigenvalue weighted by Gasteiger charge is 2.14. The van der Waals surface area contributed by atoms with Crippen LogP contribution in [0.1, 0.15) is 6.42 Å². The molecule has 2 aromatic carbocycles. The molecule has 1 heterocycles. The van der Waals surface area contributed by atoms with Gasteiger partial charge in [0.25, 0.3) is 0 Å². The lowest BCUT2D eigenvalue weighted by Gasteiger charge is -2.11. The SMILES string of the molecule is Brc1ccc2cc(OCCNCC3CCOC3)ccc2c1. The van der Waals surface area contributed by atoms with Gasteiger partial charge in [-0.15, -0.1) is 0 Å². The third-order valence-electron chi connectivity index (χ3n) is 3.78. The fourth-order valence-corrected chi connectivity index (χ4v) is 2.95. The summed E-state index contributed by atoms with van der Waals surface area (Å²) in [6.45, 7) is 4.39. The number of nitrogens with one attached hydrogen (secondary N) is 1. The summed E-state index contributed by atoms with van der Waals surface area (Å²) in [4.78, 5) is 0. The molecular weight excluding hydrogens is 330 g/mol. The van der Waals surface area contributed by atoms with Crippen LogP contribution in [0.4, 0.5) is 0 Å². The van der Waals surface area contributed by atoms with E-state index in [1.165, 1.54) is 17.2 Å². The van der Waals surface area contributed by atoms with E-state index < -0.39 is 0 Å². The summed E-state index contributed by atoms with van der Waals surface area (Å²) in [5.41, 5.74) is 0. The molecule has 0 saturated carbocycles. The van der Waals surface area contributed by atoms with Gasteiger partial charge in [0.05, 0.1) is 6.61 Å². The van der Waals surface area contributed by atoms with Crippen LogP contribution in [-0.2, 0) is 4.74 Å². The van der Waals surface area contributed by atoms with Crippen LogP contribution < -0.4 is 10.1 Å². The molecule has 0 aliphatic carbocycles. The lowest BCUT2D eigenvalue weighted by molar-refractivity contribution is 0.185. The molecule has 1 aliphatic rings. The van der Waals surface area contributed by atoms with Crippen molar-refractivity contribution in [2.45, 2.75) is 6.42 Å². The van der Waals surface area contributed by atoms with Gasteiger partial charge in [-0.3, -0.25) is 0 Å². The minimum atomic E-state index is 0.670. The van der Waals surface area contributed by atoms with Crippen LogP contribution in [-0.4, -0.2) is 32.9 Å². The van der Waals surface area contributed by atoms with Gasteiger partial charge in [0.2, 0.25) is 0 Å². The normalized spacial score (nSPS) is 18.2. The first-order valence-corrected chi connectivity index (χ1v) is 8.21. The van der Waals surface area contributed by atoms with Gasteiger partial charge < -0.3 is 14.8 Å². The van der Waals surface area contributed by atoms with E-state index >= 15 is 0 Å². The highest BCUT2D eigenvalue weighted by atomic mass is 79.9. The van der Waals surface area contributed by atoms with Crippen molar-refractivity contribution >= 4 is 26.7 Å². The van der Waals surface area contributed by atoms with Gasteiger partial charge in [-0.2, -0.15) is 0 Å². The van der Waals surface area contributed by atoms with Crippen molar-refractivity contribution in [2.75, 3.05) is 32.9 Å². The summed E-state index contributed by atoms with van der Waals surface area (Å²) in [6.07, 6.45) is 1.17. The smallest absolute Gasteiger partial charge is 0.120 e. The molecule has 1 aliphatic heterocycles. The number of rotatable bonds is 6. The van der Waals surface area contributed by atoms with Crippen molar-refractivity contribution in [1.29, 1.82) is 0 Å². The van der Waals surface area contributed by atoms with Gasteiger partial charge in [-0.05, 0) is 47.4 Å². The quantitative estimate of drug-likeness (QED) is 0.808. The number of hydrogen-bond donors (Lipinski definition) is 1. The summed E-state index contributed by atoms with van der Waals surface area (Å²) in [6, 6.07) is 12.5. The fraction of sp³-hybridized carbons (Fsp3) is 0.412. The largest absolute Gasteiger partial charge is 0.492 e. The minimum absolute atomic E-state index is 0.670. The molecule has 0 amide bonds. The second-order valence-electron chi connectivity index (χ2n) is 5.44. The van der Waals surface area contributed by atoms with E-state index in [1.807, 2.05) is 6.07 Å². The monoisotopic (exact) mass is 349 g/mol. The summed E-state index contributed by atoms with van der Waals surface area (Å²) in [5.74, 6) is 1.60. The topological polar surface area (TPSA) is 30.5 Å². The molecule has 1 unspecified atom stereocenters. The van der Waals surface area contributed by atoms with Crippen molar-refractivity contribution in [1.82, 2.24) is 5.32 Å². The fourth-order valence-electron chi connectivity index (χ4n) is 2.58. The van der Waals surface area contributed by atoms with Crippen LogP contribution in [0.3, 0.4) is 0 Å². The van der Waals surface area contributed by atoms with Gasteiger partial charge in [0.1, 0.15) is 12.4 Å². The molecule has 1 saturated heterocycles. The number of ether oxygens (including phenoxy) is 2. The van der Waals surface area contributed by atoms with Crippen LogP contribution in [0, 0.1) is 5.92 Å². The molecule has 4 heteroatoms. The van der Waals surface area contributed by atoms with E-state index in [0.717, 1.165) is 36.5 Å². The summed E-state index contributed by atoms with van der Waals surface area (Å²) in [5, 5.41) is 5.85. The summed E-state index contributed by atoms with van der Waals surface area (Å²) >= 11 is 3.49. The van der Waals surface area contributed by atoms with Crippen molar-refractivity contribution in [3.63, 3.8) is 0 Å². The maximum absolute atomic E-state index is 5.80. The maximum atomic E-state index is 5.80. The highest BCUT2D eigenvalue weighted by molar-refractivity contribution is 9.10. The summed E-state index contributed by atoms with van der Waals surface area (Å²) < 4.78 is 12.3. The molecule has 0 aromatic heterocycles. The van der Waals surface area contributed by atoms with E-state index in [9.17, 15) is 0 Å². The van der Waals surface area contributed by atoms with Crippen molar-refractivity contribution in [3.8, 4) is 5.75 Å². The highest BCUT2D eigenvalue weighted by Crippen LogP contribution is 2.24. The Hall–Kier alpha value is -1.10. The Labute approximate surface area is 133 Å². The molecule has 112 valence electrons. The van der Waals surface area contributed by atoms with Crippen LogP contribution in [0.2, 0.25) is 0 Å². The van der Waals surface area contributed by atoms with Gasteiger partial charge in [0, 0.05) is 24.2 Å². The van der Waals surface area contributed by atoms with E-state index in [1.54, 1.807) is 0 Å². The molecule has 21 heavy (non-hydrogen) atoms. The number of halogens is 1. The standard InChI is InChI=1S/C17H20BrNO2/c18-16-3-1-15-10-17(4-2-14(15)9-16)21-8-6-19-11-13-5-7-20-12-13/h1-4,9-10,13,19H,5-8,11-12H2. The second kappa shape index (κ2) is 7.25. The molecule has 2 aromatic rings. The number of benzene rings is 2. The van der Waals surface area contributed by atoms with Gasteiger partial charge >= 0.3 is 0 Å². The predicted octanol–water partition coefficient (Wildman–Crippen LogP) is 3.61. The molecule has 1 atom stereocenters. The zero-order valence-corrected chi connectivity index (χ0v) is 13.6. The third kappa shape index (κ3) is 4.19. The van der Waals surface area contributed by atoms with E-state index in [2.05, 4.69) is 51.6 Å². The third-order valence-corrected chi connectivity index (χ3v) is 4.27. The maximum Gasteiger partial charge on any atom is 0.120 e. The van der Waals surface area contributed by atoms with Crippen molar-refractivity contribution in [2.24, 2.45) is 5.92 Å². The average molecular weight is 350 g/mol. The van der Waals surface area contributed by atoms with Crippen LogP contribution in [0.25, 0.3) is 10.8 Å². The molecule has 0 spiro atoms. The first-order valence-electron chi connectivity index (χ1n) is 7.42. The Balaban J connectivity index is 1.45. The number of hydrogen-bond acceptors (Lipinski definition) is 3. The Morgan fingerprint density at radius 1 is 1.19 bits per heavy atom. The lowest BCUT2D eigenvalue weighted by Crippen LogP contribution is -2.27. The molecule has 1 N–H and O–H groups in total. The number of fused-ring (bicyclic) bond motifs is 1. The van der Waals surface area contributed by atoms with Crippen LogP contribution in [0.5, 0.6) is 5.75 Å². The van der Waals surface area contributed by atoms with Gasteiger partial charge in [-0.1, -0.05) is 28.1 Å². The Morgan fingerprint density at radius 2 is 2.05 bits per heavy atom. The van der Waals surface area contributed by atoms with E-state index in [0.29, 0.717) is 12.5 Å². The van der Waals surface area contributed by atoms with Gasteiger partial charge in [-0.25, -0.2) is 0 Å². The van der Waals surface area contributed by atoms with Crippen molar-refractivity contribution < 1.29 is 9.47 Å². The first-order chi connectivity index (χ1) is 10.3. The Morgan fingerprint density at radius 3 is 2.90 bits per heavy atom. The zero-order valence-electron chi connectivity index (χ0n) is 12.0. The Bertz CT molecular complexity index is 596. The molecule has 1 fully saturated rings. The molecule has 3 nitrogen and oxygen atoms in total. The lowest BCUT2D eigenvalue weighted by atomic mass is 10.1. The first kappa shape index (κ1) is 14.8. The second-order valence-corrected chi connectivity index (χ2v) is 6.35. The van der Waals surface area contributed by atoms with Crippen LogP contribution in [0.15, 0.2) is 40.9 Å². The summed E-state index contributed by atoms with van der Waals surface area (Å²) in [7, 11) is 0. The molecular formula is C17H20BrNO2. The van der Waals surface area contributed by atoms with E-state index in [4.69, 9.17) is 9.47 Å². The minimum Gasteiger partial charge on any atom is -0.492 e. The predicted molar refractivity (Wildman–Crippen MR) is 88.9 cm³/mol. The average Bonchev–Trinajstić information content (AvgIpc) is 3.00. The van der Waals surface area contributed by atoms with Gasteiger partial charge in [0.15, 0.2) is 0 Å². The Kier molecular flexibility index (Phi) is 5.12. The zero-order chi connectivity index (χ0) is 14.5. The van der Waals surface area contributed by atoms with Crippen molar-refractivity contribution in [3.05, 3.63) is 40.9 Å². The van der Waals surface area contributed by atoms with Crippen LogP contribution >= 0.6 is 15.9 Å². The molecule has 0 radical (unpaired) electrons. The van der Waals surface area contributed by atoms with E-state index in [-0.39, 0.29) is 0 Å². The molecule has 0 bridgehead atoms. The molecule has 3 rings (SSSR count).